The first-order valence-corrected chi connectivity index (χ1v) is 5.70. The molecule has 1 fully saturated rings. The molecular formula is C12H14F3N3. The van der Waals surface area contributed by atoms with Gasteiger partial charge in [0, 0.05) is 24.3 Å². The van der Waals surface area contributed by atoms with Gasteiger partial charge < -0.3 is 10.6 Å². The molecule has 1 aliphatic rings. The Bertz CT molecular complexity index is 462. The molecule has 0 radical (unpaired) electrons. The Labute approximate surface area is 103 Å². The predicted octanol–water partition coefficient (Wildman–Crippen LogP) is 2.59. The minimum absolute atomic E-state index is 0.244. The normalized spacial score (nSPS) is 16.1. The molecule has 1 aromatic carbocycles. The lowest BCUT2D eigenvalue weighted by atomic mass is 10.0. The lowest BCUT2D eigenvalue weighted by Crippen LogP contribution is -2.22. The molecule has 3 N–H and O–H groups in total. The number of nitrogens with two attached hydrogens (primary N) is 1. The number of anilines is 1. The number of nitrogens with zero attached hydrogens (tertiary/aromatic N) is 1. The van der Waals surface area contributed by atoms with E-state index in [0.29, 0.717) is 5.69 Å². The summed E-state index contributed by atoms with van der Waals surface area (Å²) < 4.78 is 38.3. The fourth-order valence-electron chi connectivity index (χ4n) is 2.17. The predicted molar refractivity (Wildman–Crippen MR) is 63.9 cm³/mol. The summed E-state index contributed by atoms with van der Waals surface area (Å²) in [6.07, 6.45) is -2.41. The van der Waals surface area contributed by atoms with Crippen LogP contribution in [-0.4, -0.2) is 18.9 Å². The van der Waals surface area contributed by atoms with E-state index in [9.17, 15) is 13.2 Å². The molecule has 3 nitrogen and oxygen atoms in total. The SMILES string of the molecule is N=C(N)c1cc(N2CCCC2)ccc1C(F)(F)F. The van der Waals surface area contributed by atoms with Gasteiger partial charge in [-0.2, -0.15) is 13.2 Å². The molecule has 1 aromatic rings. The maximum atomic E-state index is 12.8. The highest BCUT2D eigenvalue weighted by Gasteiger charge is 2.34. The van der Waals surface area contributed by atoms with Gasteiger partial charge in [0.2, 0.25) is 0 Å². The molecule has 18 heavy (non-hydrogen) atoms. The van der Waals surface area contributed by atoms with E-state index in [0.717, 1.165) is 32.0 Å². The van der Waals surface area contributed by atoms with Crippen LogP contribution < -0.4 is 10.6 Å². The Balaban J connectivity index is 2.43. The van der Waals surface area contributed by atoms with Gasteiger partial charge in [-0.3, -0.25) is 5.41 Å². The number of hydrogen-bond acceptors (Lipinski definition) is 2. The van der Waals surface area contributed by atoms with E-state index in [2.05, 4.69) is 0 Å². The number of halogens is 3. The smallest absolute Gasteiger partial charge is 0.384 e. The molecule has 1 saturated heterocycles. The second-order valence-electron chi connectivity index (χ2n) is 4.34. The van der Waals surface area contributed by atoms with Crippen molar-refractivity contribution in [3.63, 3.8) is 0 Å². The monoisotopic (exact) mass is 257 g/mol. The Morgan fingerprint density at radius 2 is 1.83 bits per heavy atom. The van der Waals surface area contributed by atoms with Gasteiger partial charge >= 0.3 is 6.18 Å². The molecule has 0 aromatic heterocycles. The molecule has 98 valence electrons. The largest absolute Gasteiger partial charge is 0.417 e. The number of hydrogen-bond donors (Lipinski definition) is 2. The number of amidine groups is 1. The van der Waals surface area contributed by atoms with Gasteiger partial charge in [0.1, 0.15) is 5.84 Å². The van der Waals surface area contributed by atoms with Crippen molar-refractivity contribution in [2.45, 2.75) is 19.0 Å². The number of benzene rings is 1. The Morgan fingerprint density at radius 3 is 2.33 bits per heavy atom. The number of nitrogen functional groups attached to an aromatic ring is 1. The van der Waals surface area contributed by atoms with Gasteiger partial charge in [0.15, 0.2) is 0 Å². The minimum Gasteiger partial charge on any atom is -0.384 e. The molecule has 1 heterocycles. The lowest BCUT2D eigenvalue weighted by molar-refractivity contribution is -0.137. The van der Waals surface area contributed by atoms with Crippen LogP contribution in [0.15, 0.2) is 18.2 Å². The van der Waals surface area contributed by atoms with E-state index in [1.165, 1.54) is 12.1 Å². The Hall–Kier alpha value is -1.72. The molecule has 0 atom stereocenters. The third-order valence-electron chi connectivity index (χ3n) is 3.07. The Kier molecular flexibility index (Phi) is 3.19. The van der Waals surface area contributed by atoms with E-state index >= 15 is 0 Å². The highest BCUT2D eigenvalue weighted by Crippen LogP contribution is 2.34. The topological polar surface area (TPSA) is 53.1 Å². The molecule has 0 saturated carbocycles. The third kappa shape index (κ3) is 2.42. The average Bonchev–Trinajstić information content (AvgIpc) is 2.80. The van der Waals surface area contributed by atoms with Crippen LogP contribution in [0.1, 0.15) is 24.0 Å². The second-order valence-corrected chi connectivity index (χ2v) is 4.34. The summed E-state index contributed by atoms with van der Waals surface area (Å²) >= 11 is 0. The van der Waals surface area contributed by atoms with Gasteiger partial charge in [-0.15, -0.1) is 0 Å². The van der Waals surface area contributed by atoms with Crippen molar-refractivity contribution < 1.29 is 13.2 Å². The number of nitrogens with one attached hydrogen (secondary N) is 1. The quantitative estimate of drug-likeness (QED) is 0.632. The van der Waals surface area contributed by atoms with Crippen molar-refractivity contribution in [1.82, 2.24) is 0 Å². The molecule has 2 rings (SSSR count). The van der Waals surface area contributed by atoms with Crippen molar-refractivity contribution in [2.75, 3.05) is 18.0 Å². The highest BCUT2D eigenvalue weighted by atomic mass is 19.4. The van der Waals surface area contributed by atoms with Gasteiger partial charge in [-0.25, -0.2) is 0 Å². The molecule has 1 aliphatic heterocycles. The number of alkyl halides is 3. The summed E-state index contributed by atoms with van der Waals surface area (Å²) in [5, 5.41) is 7.28. The van der Waals surface area contributed by atoms with E-state index in [-0.39, 0.29) is 5.56 Å². The first-order valence-electron chi connectivity index (χ1n) is 5.70. The summed E-state index contributed by atoms with van der Waals surface area (Å²) in [5.41, 5.74) is 4.85. The van der Waals surface area contributed by atoms with E-state index in [1.54, 1.807) is 0 Å². The summed E-state index contributed by atoms with van der Waals surface area (Å²) in [6, 6.07) is 3.81. The molecular weight excluding hydrogens is 243 g/mol. The minimum atomic E-state index is -4.48. The van der Waals surface area contributed by atoms with Crippen LogP contribution in [0.3, 0.4) is 0 Å². The fourth-order valence-corrected chi connectivity index (χ4v) is 2.17. The summed E-state index contributed by atoms with van der Waals surface area (Å²) in [4.78, 5) is 2.01. The summed E-state index contributed by atoms with van der Waals surface area (Å²) in [7, 11) is 0. The first kappa shape index (κ1) is 12.7. The first-order chi connectivity index (χ1) is 8.39. The second kappa shape index (κ2) is 4.51. The maximum Gasteiger partial charge on any atom is 0.417 e. The zero-order chi connectivity index (χ0) is 13.3. The van der Waals surface area contributed by atoms with Crippen LogP contribution in [0.5, 0.6) is 0 Å². The highest BCUT2D eigenvalue weighted by molar-refractivity contribution is 5.97. The molecule has 0 unspecified atom stereocenters. The van der Waals surface area contributed by atoms with Gasteiger partial charge in [0.05, 0.1) is 5.56 Å². The van der Waals surface area contributed by atoms with Crippen molar-refractivity contribution in [1.29, 1.82) is 5.41 Å². The van der Waals surface area contributed by atoms with Crippen molar-refractivity contribution in [2.24, 2.45) is 5.73 Å². The molecule has 0 aliphatic carbocycles. The fraction of sp³-hybridized carbons (Fsp3) is 0.417. The van der Waals surface area contributed by atoms with Crippen molar-refractivity contribution in [3.8, 4) is 0 Å². The number of rotatable bonds is 2. The maximum absolute atomic E-state index is 12.8. The summed E-state index contributed by atoms with van der Waals surface area (Å²) in [5.74, 6) is -0.552. The zero-order valence-corrected chi connectivity index (χ0v) is 9.72. The van der Waals surface area contributed by atoms with E-state index in [1.807, 2.05) is 4.90 Å². The van der Waals surface area contributed by atoms with Crippen LogP contribution in [0.4, 0.5) is 18.9 Å². The zero-order valence-electron chi connectivity index (χ0n) is 9.72. The van der Waals surface area contributed by atoms with Crippen molar-refractivity contribution in [3.05, 3.63) is 29.3 Å². The molecule has 0 spiro atoms. The van der Waals surface area contributed by atoms with Crippen LogP contribution in [-0.2, 0) is 6.18 Å². The van der Waals surface area contributed by atoms with Crippen molar-refractivity contribution >= 4 is 11.5 Å². The molecule has 6 heteroatoms. The lowest BCUT2D eigenvalue weighted by Gasteiger charge is -2.20. The average molecular weight is 257 g/mol. The van der Waals surface area contributed by atoms with Crippen LogP contribution in [0.2, 0.25) is 0 Å². The van der Waals surface area contributed by atoms with E-state index < -0.39 is 17.6 Å². The van der Waals surface area contributed by atoms with Gasteiger partial charge in [-0.05, 0) is 31.0 Å². The van der Waals surface area contributed by atoms with Crippen LogP contribution >= 0.6 is 0 Å². The van der Waals surface area contributed by atoms with Gasteiger partial charge in [-0.1, -0.05) is 0 Å². The Morgan fingerprint density at radius 1 is 1.22 bits per heavy atom. The van der Waals surface area contributed by atoms with Gasteiger partial charge in [0.25, 0.3) is 0 Å². The molecule has 0 amide bonds. The van der Waals surface area contributed by atoms with Crippen LogP contribution in [0, 0.1) is 5.41 Å². The van der Waals surface area contributed by atoms with E-state index in [4.69, 9.17) is 11.1 Å². The standard InChI is InChI=1S/C12H14F3N3/c13-12(14,15)10-4-3-8(7-9(10)11(16)17)18-5-1-2-6-18/h3-4,7H,1-2,5-6H2,(H3,16,17). The summed E-state index contributed by atoms with van der Waals surface area (Å²) in [6.45, 7) is 1.67. The van der Waals surface area contributed by atoms with Crippen LogP contribution in [0.25, 0.3) is 0 Å². The third-order valence-corrected chi connectivity index (χ3v) is 3.07. The molecule has 0 bridgehead atoms.